The molecule has 4 heterocycles. The van der Waals surface area contributed by atoms with Crippen molar-refractivity contribution in [2.24, 2.45) is 5.92 Å². The third-order valence-corrected chi connectivity index (χ3v) is 6.50. The van der Waals surface area contributed by atoms with Crippen molar-refractivity contribution in [1.29, 1.82) is 0 Å². The number of hydrogen-bond acceptors (Lipinski definition) is 7. The van der Waals surface area contributed by atoms with Gasteiger partial charge in [0.2, 0.25) is 5.91 Å². The summed E-state index contributed by atoms with van der Waals surface area (Å²) in [4.78, 5) is 22.8. The molecule has 0 aromatic carbocycles. The van der Waals surface area contributed by atoms with Gasteiger partial charge < -0.3 is 15.4 Å². The first-order chi connectivity index (χ1) is 15.1. The second-order valence-electron chi connectivity index (χ2n) is 8.60. The van der Waals surface area contributed by atoms with Crippen molar-refractivity contribution < 1.29 is 14.4 Å². The third kappa shape index (κ3) is 3.65. The fourth-order valence-corrected chi connectivity index (χ4v) is 4.75. The van der Waals surface area contributed by atoms with E-state index in [0.29, 0.717) is 25.4 Å². The number of hydrogen-bond donors (Lipinski definition) is 3. The quantitative estimate of drug-likeness (QED) is 0.651. The van der Waals surface area contributed by atoms with Gasteiger partial charge in [-0.1, -0.05) is 0 Å². The summed E-state index contributed by atoms with van der Waals surface area (Å²) in [5.74, 6) is 0.107. The fourth-order valence-electron chi connectivity index (χ4n) is 4.75. The molecule has 166 valence electrons. The van der Waals surface area contributed by atoms with E-state index in [-0.39, 0.29) is 11.8 Å². The molecule has 0 radical (unpaired) electrons. The highest BCUT2D eigenvalue weighted by Gasteiger charge is 2.50. The van der Waals surface area contributed by atoms with Crippen LogP contribution in [0.3, 0.4) is 0 Å². The van der Waals surface area contributed by atoms with Gasteiger partial charge >= 0.3 is 0 Å². The van der Waals surface area contributed by atoms with Crippen LogP contribution in [0, 0.1) is 5.92 Å². The molecule has 3 N–H and O–H groups in total. The molecule has 1 amide bonds. The van der Waals surface area contributed by atoms with E-state index in [9.17, 15) is 4.79 Å². The van der Waals surface area contributed by atoms with E-state index in [4.69, 9.17) is 14.6 Å². The molecule has 2 fully saturated rings. The SMILES string of the molecule is CCNC(=O)C1CC2(C=C(c3cnc4c(cnn4CC)c3NC3CCOCC3)NO2)C1. The summed E-state index contributed by atoms with van der Waals surface area (Å²) in [6.45, 7) is 6.96. The first-order valence-corrected chi connectivity index (χ1v) is 11.3. The van der Waals surface area contributed by atoms with Crippen molar-refractivity contribution in [2.45, 2.75) is 57.7 Å². The number of aryl methyl sites for hydroxylation is 1. The molecular formula is C22H30N6O3. The van der Waals surface area contributed by atoms with E-state index in [2.05, 4.69) is 34.2 Å². The number of amides is 1. The lowest BCUT2D eigenvalue weighted by atomic mass is 9.70. The Morgan fingerprint density at radius 3 is 2.84 bits per heavy atom. The summed E-state index contributed by atoms with van der Waals surface area (Å²) in [6, 6.07) is 0.339. The average Bonchev–Trinajstić information content (AvgIpc) is 3.38. The lowest BCUT2D eigenvalue weighted by Gasteiger charge is -2.40. The highest BCUT2D eigenvalue weighted by Crippen LogP contribution is 2.47. The van der Waals surface area contributed by atoms with E-state index >= 15 is 0 Å². The van der Waals surface area contributed by atoms with Crippen LogP contribution in [0.1, 0.15) is 45.1 Å². The van der Waals surface area contributed by atoms with Crippen molar-refractivity contribution in [1.82, 2.24) is 25.6 Å². The molecule has 1 saturated heterocycles. The number of pyridine rings is 1. The van der Waals surface area contributed by atoms with Crippen LogP contribution in [0.5, 0.6) is 0 Å². The van der Waals surface area contributed by atoms with Crippen LogP contribution < -0.4 is 16.1 Å². The topological polar surface area (TPSA) is 102 Å². The molecule has 0 bridgehead atoms. The van der Waals surface area contributed by atoms with Crippen molar-refractivity contribution in [3.8, 4) is 0 Å². The van der Waals surface area contributed by atoms with E-state index in [0.717, 1.165) is 60.6 Å². The second-order valence-corrected chi connectivity index (χ2v) is 8.60. The molecule has 9 nitrogen and oxygen atoms in total. The standard InChI is InChI=1S/C22H30N6O3/c1-3-23-21(29)14-9-22(10-14)11-18(27-31-22)16-12-24-20-17(13-25-28(20)4-2)19(16)26-15-5-7-30-8-6-15/h11-15,27H,3-10H2,1-2H3,(H,23,29)(H,24,26). The number of ether oxygens (including phenoxy) is 1. The number of carbonyl (C=O) groups excluding carboxylic acids is 1. The van der Waals surface area contributed by atoms with Crippen molar-refractivity contribution in [3.05, 3.63) is 24.0 Å². The van der Waals surface area contributed by atoms with E-state index in [1.807, 2.05) is 24.0 Å². The number of fused-ring (bicyclic) bond motifs is 1. The molecule has 3 aliphatic rings. The fraction of sp³-hybridized carbons (Fsp3) is 0.591. The summed E-state index contributed by atoms with van der Waals surface area (Å²) in [5.41, 5.74) is 6.44. The van der Waals surface area contributed by atoms with Crippen LogP contribution >= 0.6 is 0 Å². The maximum Gasteiger partial charge on any atom is 0.223 e. The molecule has 5 rings (SSSR count). The number of nitrogens with zero attached hydrogens (tertiary/aromatic N) is 3. The molecular weight excluding hydrogens is 396 g/mol. The molecule has 1 aliphatic carbocycles. The molecule has 2 aliphatic heterocycles. The van der Waals surface area contributed by atoms with Gasteiger partial charge in [0.1, 0.15) is 5.60 Å². The summed E-state index contributed by atoms with van der Waals surface area (Å²) in [7, 11) is 0. The predicted octanol–water partition coefficient (Wildman–Crippen LogP) is 2.20. The Balaban J connectivity index is 1.45. The first kappa shape index (κ1) is 20.3. The van der Waals surface area contributed by atoms with E-state index in [1.165, 1.54) is 0 Å². The van der Waals surface area contributed by atoms with E-state index in [1.54, 1.807) is 0 Å². The summed E-state index contributed by atoms with van der Waals surface area (Å²) < 4.78 is 7.44. The van der Waals surface area contributed by atoms with Crippen molar-refractivity contribution >= 4 is 28.3 Å². The monoisotopic (exact) mass is 426 g/mol. The molecule has 9 heteroatoms. The summed E-state index contributed by atoms with van der Waals surface area (Å²) >= 11 is 0. The molecule has 2 aromatic heterocycles. The maximum absolute atomic E-state index is 12.1. The lowest BCUT2D eigenvalue weighted by molar-refractivity contribution is -0.146. The Bertz CT molecular complexity index is 1000. The number of anilines is 1. The van der Waals surface area contributed by atoms with Gasteiger partial charge in [0.05, 0.1) is 23.0 Å². The number of nitrogens with one attached hydrogen (secondary N) is 3. The van der Waals surface area contributed by atoms with Gasteiger partial charge in [-0.3, -0.25) is 15.1 Å². The van der Waals surface area contributed by atoms with Gasteiger partial charge in [-0.2, -0.15) is 5.10 Å². The average molecular weight is 427 g/mol. The highest BCUT2D eigenvalue weighted by atomic mass is 16.7. The Morgan fingerprint density at radius 1 is 1.29 bits per heavy atom. The molecule has 1 saturated carbocycles. The molecule has 31 heavy (non-hydrogen) atoms. The van der Waals surface area contributed by atoms with Gasteiger partial charge in [0, 0.05) is 50.0 Å². The maximum atomic E-state index is 12.1. The second kappa shape index (κ2) is 8.12. The Morgan fingerprint density at radius 2 is 2.10 bits per heavy atom. The zero-order valence-electron chi connectivity index (χ0n) is 18.1. The van der Waals surface area contributed by atoms with Crippen LogP contribution in [-0.4, -0.2) is 52.1 Å². The van der Waals surface area contributed by atoms with Crippen LogP contribution in [-0.2, 0) is 20.9 Å². The Kier molecular flexibility index (Phi) is 5.31. The zero-order chi connectivity index (χ0) is 21.4. The highest BCUT2D eigenvalue weighted by molar-refractivity contribution is 5.96. The number of carbonyl (C=O) groups is 1. The van der Waals surface area contributed by atoms with Crippen LogP contribution in [0.2, 0.25) is 0 Å². The lowest BCUT2D eigenvalue weighted by Crippen LogP contribution is -2.50. The predicted molar refractivity (Wildman–Crippen MR) is 117 cm³/mol. The minimum atomic E-state index is -0.427. The molecule has 0 atom stereocenters. The molecule has 2 aromatic rings. The van der Waals surface area contributed by atoms with Gasteiger partial charge in [0.25, 0.3) is 0 Å². The number of aromatic nitrogens is 3. The largest absolute Gasteiger partial charge is 0.381 e. The van der Waals surface area contributed by atoms with Crippen molar-refractivity contribution in [3.63, 3.8) is 0 Å². The summed E-state index contributed by atoms with van der Waals surface area (Å²) in [5, 5.41) is 12.2. The normalized spacial score (nSPS) is 25.9. The first-order valence-electron chi connectivity index (χ1n) is 11.3. The molecule has 0 unspecified atom stereocenters. The smallest absolute Gasteiger partial charge is 0.223 e. The number of rotatable bonds is 6. The Hall–Kier alpha value is -2.65. The van der Waals surface area contributed by atoms with Gasteiger partial charge in [-0.05, 0) is 45.6 Å². The van der Waals surface area contributed by atoms with Crippen LogP contribution in [0.15, 0.2) is 18.5 Å². The van der Waals surface area contributed by atoms with Gasteiger partial charge in [-0.25, -0.2) is 9.67 Å². The zero-order valence-corrected chi connectivity index (χ0v) is 18.1. The van der Waals surface area contributed by atoms with Crippen LogP contribution in [0.4, 0.5) is 5.69 Å². The van der Waals surface area contributed by atoms with Crippen LogP contribution in [0.25, 0.3) is 16.7 Å². The van der Waals surface area contributed by atoms with Gasteiger partial charge in [0.15, 0.2) is 5.65 Å². The van der Waals surface area contributed by atoms with Crippen molar-refractivity contribution in [2.75, 3.05) is 25.1 Å². The number of hydroxylamine groups is 1. The summed E-state index contributed by atoms with van der Waals surface area (Å²) in [6.07, 6.45) is 9.18. The Labute approximate surface area is 181 Å². The van der Waals surface area contributed by atoms with E-state index < -0.39 is 5.60 Å². The van der Waals surface area contributed by atoms with Gasteiger partial charge in [-0.15, -0.1) is 0 Å². The minimum absolute atomic E-state index is 0.000533. The third-order valence-electron chi connectivity index (χ3n) is 6.50. The minimum Gasteiger partial charge on any atom is -0.381 e. The molecule has 1 spiro atoms.